The van der Waals surface area contributed by atoms with E-state index in [1.807, 2.05) is 0 Å². The average Bonchev–Trinajstić information content (AvgIpc) is 2.18. The zero-order valence-electron chi connectivity index (χ0n) is 9.08. The van der Waals surface area contributed by atoms with Gasteiger partial charge in [-0.05, 0) is 12.8 Å². The van der Waals surface area contributed by atoms with Gasteiger partial charge in [0.1, 0.15) is 0 Å². The highest BCUT2D eigenvalue weighted by Crippen LogP contribution is 2.08. The van der Waals surface area contributed by atoms with Crippen LogP contribution in [0.5, 0.6) is 0 Å². The minimum Gasteiger partial charge on any atom is -0.385 e. The summed E-state index contributed by atoms with van der Waals surface area (Å²) in [7, 11) is 1.71. The van der Waals surface area contributed by atoms with Gasteiger partial charge in [-0.1, -0.05) is 6.92 Å². The second kappa shape index (κ2) is 5.98. The molecular formula is C10H20N2O2. The highest BCUT2D eigenvalue weighted by atomic mass is 16.5. The minimum atomic E-state index is 0.0700. The molecule has 0 aliphatic carbocycles. The van der Waals surface area contributed by atoms with Crippen LogP contribution in [0.25, 0.3) is 0 Å². The molecule has 0 aromatic heterocycles. The van der Waals surface area contributed by atoms with E-state index in [2.05, 4.69) is 17.1 Å². The lowest BCUT2D eigenvalue weighted by atomic mass is 10.1. The van der Waals surface area contributed by atoms with Crippen molar-refractivity contribution < 1.29 is 9.53 Å². The number of amides is 1. The first-order chi connectivity index (χ1) is 6.79. The number of nitrogens with zero attached hydrogens (tertiary/aromatic N) is 1. The van der Waals surface area contributed by atoms with Crippen LogP contribution in [0.1, 0.15) is 19.8 Å². The molecule has 0 radical (unpaired) electrons. The third-order valence-corrected chi connectivity index (χ3v) is 2.62. The Balaban J connectivity index is 2.36. The van der Waals surface area contributed by atoms with E-state index >= 15 is 0 Å². The van der Waals surface area contributed by atoms with Crippen LogP contribution in [-0.2, 0) is 9.53 Å². The molecule has 0 saturated carbocycles. The number of carbonyl (C=O) groups excluding carboxylic acids is 1. The van der Waals surface area contributed by atoms with E-state index in [0.29, 0.717) is 0 Å². The first-order valence-corrected chi connectivity index (χ1v) is 5.30. The van der Waals surface area contributed by atoms with Gasteiger partial charge in [-0.25, -0.2) is 0 Å². The number of methoxy groups -OCH3 is 1. The third kappa shape index (κ3) is 2.96. The van der Waals surface area contributed by atoms with Crippen molar-refractivity contribution in [3.63, 3.8) is 0 Å². The van der Waals surface area contributed by atoms with E-state index in [-0.39, 0.29) is 11.9 Å². The number of hydrogen-bond donors (Lipinski definition) is 1. The van der Waals surface area contributed by atoms with Crippen molar-refractivity contribution in [1.29, 1.82) is 0 Å². The van der Waals surface area contributed by atoms with Crippen molar-refractivity contribution >= 4 is 5.91 Å². The molecule has 1 amide bonds. The standard InChI is InChI=1S/C10H20N2O2/c1-3-9-10(13)11-5-7-12(9)6-4-8-14-2/h9H,3-8H2,1-2H3,(H,11,13)/t9-/m1/s1. The number of piperazine rings is 1. The van der Waals surface area contributed by atoms with Crippen molar-refractivity contribution in [2.24, 2.45) is 0 Å². The SMILES string of the molecule is CC[C@@H]1C(=O)NCCN1CCCOC. The Morgan fingerprint density at radius 3 is 3.07 bits per heavy atom. The Morgan fingerprint density at radius 1 is 1.64 bits per heavy atom. The number of nitrogens with one attached hydrogen (secondary N) is 1. The fraction of sp³-hybridized carbons (Fsp3) is 0.900. The van der Waals surface area contributed by atoms with Crippen LogP contribution in [0, 0.1) is 0 Å². The second-order valence-electron chi connectivity index (χ2n) is 3.60. The Bertz CT molecular complexity index is 185. The molecular weight excluding hydrogens is 180 g/mol. The Kier molecular flexibility index (Phi) is 4.90. The Morgan fingerprint density at radius 2 is 2.43 bits per heavy atom. The van der Waals surface area contributed by atoms with E-state index in [9.17, 15) is 4.79 Å². The molecule has 4 heteroatoms. The highest BCUT2D eigenvalue weighted by Gasteiger charge is 2.26. The normalized spacial score (nSPS) is 23.6. The molecule has 1 saturated heterocycles. The summed E-state index contributed by atoms with van der Waals surface area (Å²) in [5, 5.41) is 2.89. The maximum absolute atomic E-state index is 11.5. The van der Waals surface area contributed by atoms with Crippen molar-refractivity contribution in [3.8, 4) is 0 Å². The molecule has 1 aliphatic rings. The van der Waals surface area contributed by atoms with E-state index in [1.54, 1.807) is 7.11 Å². The van der Waals surface area contributed by atoms with E-state index in [0.717, 1.165) is 39.1 Å². The van der Waals surface area contributed by atoms with Crippen molar-refractivity contribution in [1.82, 2.24) is 10.2 Å². The van der Waals surface area contributed by atoms with Gasteiger partial charge in [-0.2, -0.15) is 0 Å². The van der Waals surface area contributed by atoms with Gasteiger partial charge >= 0.3 is 0 Å². The molecule has 0 aromatic rings. The van der Waals surface area contributed by atoms with Crippen LogP contribution in [0.4, 0.5) is 0 Å². The molecule has 0 bridgehead atoms. The lowest BCUT2D eigenvalue weighted by Gasteiger charge is -2.34. The molecule has 0 aromatic carbocycles. The van der Waals surface area contributed by atoms with Crippen LogP contribution in [0.3, 0.4) is 0 Å². The number of ether oxygens (including phenoxy) is 1. The molecule has 1 rings (SSSR count). The summed E-state index contributed by atoms with van der Waals surface area (Å²) in [6.45, 7) is 5.53. The summed E-state index contributed by atoms with van der Waals surface area (Å²) < 4.78 is 5.00. The molecule has 1 aliphatic heterocycles. The van der Waals surface area contributed by atoms with Gasteiger partial charge in [-0.3, -0.25) is 9.69 Å². The van der Waals surface area contributed by atoms with Gasteiger partial charge in [0.25, 0.3) is 0 Å². The molecule has 0 unspecified atom stereocenters. The number of rotatable bonds is 5. The third-order valence-electron chi connectivity index (χ3n) is 2.62. The Labute approximate surface area is 85.6 Å². The minimum absolute atomic E-state index is 0.0700. The fourth-order valence-corrected chi connectivity index (χ4v) is 1.89. The summed E-state index contributed by atoms with van der Waals surface area (Å²) in [5.41, 5.74) is 0. The maximum atomic E-state index is 11.5. The van der Waals surface area contributed by atoms with Gasteiger partial charge < -0.3 is 10.1 Å². The van der Waals surface area contributed by atoms with Crippen molar-refractivity contribution in [2.75, 3.05) is 33.4 Å². The predicted octanol–water partition coefficient (Wildman–Crippen LogP) is 0.233. The summed E-state index contributed by atoms with van der Waals surface area (Å²) in [6.07, 6.45) is 1.89. The summed E-state index contributed by atoms with van der Waals surface area (Å²) >= 11 is 0. The van der Waals surface area contributed by atoms with Crippen LogP contribution >= 0.6 is 0 Å². The number of carbonyl (C=O) groups is 1. The van der Waals surface area contributed by atoms with Crippen LogP contribution in [0.15, 0.2) is 0 Å². The molecule has 1 atom stereocenters. The topological polar surface area (TPSA) is 41.6 Å². The predicted molar refractivity (Wildman–Crippen MR) is 55.2 cm³/mol. The highest BCUT2D eigenvalue weighted by molar-refractivity contribution is 5.82. The first-order valence-electron chi connectivity index (χ1n) is 5.30. The van der Waals surface area contributed by atoms with Crippen LogP contribution in [0.2, 0.25) is 0 Å². The quantitative estimate of drug-likeness (QED) is 0.646. The lowest BCUT2D eigenvalue weighted by Crippen LogP contribution is -2.55. The summed E-state index contributed by atoms with van der Waals surface area (Å²) in [6, 6.07) is 0.0700. The van der Waals surface area contributed by atoms with Crippen LogP contribution < -0.4 is 5.32 Å². The van der Waals surface area contributed by atoms with Gasteiger partial charge in [-0.15, -0.1) is 0 Å². The smallest absolute Gasteiger partial charge is 0.237 e. The molecule has 1 N–H and O–H groups in total. The summed E-state index contributed by atoms with van der Waals surface area (Å²) in [5.74, 6) is 0.177. The molecule has 4 nitrogen and oxygen atoms in total. The Hall–Kier alpha value is -0.610. The van der Waals surface area contributed by atoms with Gasteiger partial charge in [0.05, 0.1) is 6.04 Å². The van der Waals surface area contributed by atoms with E-state index in [1.165, 1.54) is 0 Å². The van der Waals surface area contributed by atoms with Gasteiger partial charge in [0.2, 0.25) is 5.91 Å². The maximum Gasteiger partial charge on any atom is 0.237 e. The zero-order chi connectivity index (χ0) is 10.4. The summed E-state index contributed by atoms with van der Waals surface area (Å²) in [4.78, 5) is 13.7. The monoisotopic (exact) mass is 200 g/mol. The molecule has 1 heterocycles. The van der Waals surface area contributed by atoms with Crippen molar-refractivity contribution in [3.05, 3.63) is 0 Å². The molecule has 1 fully saturated rings. The van der Waals surface area contributed by atoms with Gasteiger partial charge in [0, 0.05) is 33.4 Å². The largest absolute Gasteiger partial charge is 0.385 e. The second-order valence-corrected chi connectivity index (χ2v) is 3.60. The average molecular weight is 200 g/mol. The molecule has 0 spiro atoms. The first kappa shape index (κ1) is 11.5. The van der Waals surface area contributed by atoms with Crippen molar-refractivity contribution in [2.45, 2.75) is 25.8 Å². The van der Waals surface area contributed by atoms with Crippen LogP contribution in [-0.4, -0.2) is 50.2 Å². The van der Waals surface area contributed by atoms with E-state index < -0.39 is 0 Å². The zero-order valence-corrected chi connectivity index (χ0v) is 9.08. The fourth-order valence-electron chi connectivity index (χ4n) is 1.89. The lowest BCUT2D eigenvalue weighted by molar-refractivity contribution is -0.129. The van der Waals surface area contributed by atoms with E-state index in [4.69, 9.17) is 4.74 Å². The molecule has 14 heavy (non-hydrogen) atoms. The molecule has 82 valence electrons. The number of hydrogen-bond acceptors (Lipinski definition) is 3. The van der Waals surface area contributed by atoms with Gasteiger partial charge in [0.15, 0.2) is 0 Å².